The molecule has 1 saturated heterocycles. The fourth-order valence-electron chi connectivity index (χ4n) is 2.58. The van der Waals surface area contributed by atoms with Crippen LogP contribution in [0.15, 0.2) is 6.07 Å². The molecule has 5 nitrogen and oxygen atoms in total. The Morgan fingerprint density at radius 2 is 2.32 bits per heavy atom. The first-order valence-corrected chi connectivity index (χ1v) is 7.10. The number of aryl methyl sites for hydroxylation is 2. The SMILES string of the molecule is CCn1nc(C)cc1C(=O)N1CCCCC1C(N)=S. The van der Waals surface area contributed by atoms with Gasteiger partial charge >= 0.3 is 0 Å². The second-order valence-corrected chi connectivity index (χ2v) is 5.37. The van der Waals surface area contributed by atoms with Crippen LogP contribution in [0.5, 0.6) is 0 Å². The largest absolute Gasteiger partial charge is 0.392 e. The molecule has 0 aromatic carbocycles. The van der Waals surface area contributed by atoms with Crippen molar-refractivity contribution in [3.8, 4) is 0 Å². The number of rotatable bonds is 3. The van der Waals surface area contributed by atoms with Crippen molar-refractivity contribution in [2.75, 3.05) is 6.54 Å². The third-order valence-corrected chi connectivity index (χ3v) is 3.78. The number of hydrogen-bond donors (Lipinski definition) is 1. The van der Waals surface area contributed by atoms with Gasteiger partial charge in [0.15, 0.2) is 0 Å². The van der Waals surface area contributed by atoms with Crippen LogP contribution in [0.1, 0.15) is 42.4 Å². The molecule has 1 unspecified atom stereocenters. The summed E-state index contributed by atoms with van der Waals surface area (Å²) in [5.74, 6) is -0.0139. The minimum Gasteiger partial charge on any atom is -0.392 e. The third-order valence-electron chi connectivity index (χ3n) is 3.51. The molecule has 0 spiro atoms. The molecule has 1 aromatic heterocycles. The summed E-state index contributed by atoms with van der Waals surface area (Å²) in [5, 5.41) is 4.32. The number of thiocarbonyl (C=S) groups is 1. The average Bonchev–Trinajstić information content (AvgIpc) is 2.79. The highest BCUT2D eigenvalue weighted by molar-refractivity contribution is 7.80. The van der Waals surface area contributed by atoms with E-state index in [1.54, 1.807) is 9.58 Å². The van der Waals surface area contributed by atoms with E-state index in [-0.39, 0.29) is 11.9 Å². The Kier molecular flexibility index (Phi) is 4.19. The van der Waals surface area contributed by atoms with Crippen molar-refractivity contribution in [2.45, 2.75) is 45.7 Å². The molecular weight excluding hydrogens is 260 g/mol. The van der Waals surface area contributed by atoms with Gasteiger partial charge in [0.2, 0.25) is 0 Å². The van der Waals surface area contributed by atoms with Crippen LogP contribution in [0.2, 0.25) is 0 Å². The van der Waals surface area contributed by atoms with Crippen molar-refractivity contribution in [3.63, 3.8) is 0 Å². The van der Waals surface area contributed by atoms with Gasteiger partial charge < -0.3 is 10.6 Å². The van der Waals surface area contributed by atoms with Gasteiger partial charge in [-0.25, -0.2) is 0 Å². The lowest BCUT2D eigenvalue weighted by Gasteiger charge is -2.35. The maximum atomic E-state index is 12.7. The molecule has 1 fully saturated rings. The zero-order chi connectivity index (χ0) is 14.0. The summed E-state index contributed by atoms with van der Waals surface area (Å²) in [6.07, 6.45) is 2.93. The van der Waals surface area contributed by atoms with Gasteiger partial charge in [0, 0.05) is 13.1 Å². The number of aromatic nitrogens is 2. The van der Waals surface area contributed by atoms with E-state index in [9.17, 15) is 4.79 Å². The maximum Gasteiger partial charge on any atom is 0.272 e. The van der Waals surface area contributed by atoms with Crippen LogP contribution >= 0.6 is 12.2 Å². The number of likely N-dealkylation sites (tertiary alicyclic amines) is 1. The summed E-state index contributed by atoms with van der Waals surface area (Å²) in [7, 11) is 0. The Bertz CT molecular complexity index is 497. The first kappa shape index (κ1) is 14.0. The van der Waals surface area contributed by atoms with Crippen LogP contribution in [0.25, 0.3) is 0 Å². The molecule has 1 aliphatic rings. The highest BCUT2D eigenvalue weighted by Crippen LogP contribution is 2.20. The van der Waals surface area contributed by atoms with E-state index in [4.69, 9.17) is 18.0 Å². The van der Waals surface area contributed by atoms with Crippen molar-refractivity contribution < 1.29 is 4.79 Å². The Labute approximate surface area is 118 Å². The highest BCUT2D eigenvalue weighted by Gasteiger charge is 2.30. The molecule has 1 aromatic rings. The summed E-state index contributed by atoms with van der Waals surface area (Å²) < 4.78 is 1.74. The number of nitrogens with two attached hydrogens (primary N) is 1. The average molecular weight is 280 g/mol. The van der Waals surface area contributed by atoms with Gasteiger partial charge in [-0.15, -0.1) is 0 Å². The molecule has 1 aliphatic heterocycles. The molecule has 1 amide bonds. The molecule has 2 rings (SSSR count). The lowest BCUT2D eigenvalue weighted by Crippen LogP contribution is -2.50. The third kappa shape index (κ3) is 2.78. The number of hydrogen-bond acceptors (Lipinski definition) is 3. The second-order valence-electron chi connectivity index (χ2n) is 4.90. The zero-order valence-electron chi connectivity index (χ0n) is 11.4. The van der Waals surface area contributed by atoms with E-state index >= 15 is 0 Å². The molecule has 6 heteroatoms. The molecule has 2 heterocycles. The summed E-state index contributed by atoms with van der Waals surface area (Å²) in [4.78, 5) is 14.9. The van der Waals surface area contributed by atoms with Gasteiger partial charge in [-0.2, -0.15) is 5.10 Å². The molecule has 1 atom stereocenters. The molecule has 19 heavy (non-hydrogen) atoms. The fraction of sp³-hybridized carbons (Fsp3) is 0.615. The summed E-state index contributed by atoms with van der Waals surface area (Å²) in [6.45, 7) is 5.27. The van der Waals surface area contributed by atoms with Crippen molar-refractivity contribution in [1.82, 2.24) is 14.7 Å². The normalized spacial score (nSPS) is 19.5. The fourth-order valence-corrected chi connectivity index (χ4v) is 2.82. The van der Waals surface area contributed by atoms with Gasteiger partial charge in [-0.05, 0) is 39.2 Å². The van der Waals surface area contributed by atoms with Crippen molar-refractivity contribution in [3.05, 3.63) is 17.5 Å². The predicted octanol–water partition coefficient (Wildman–Crippen LogP) is 1.49. The van der Waals surface area contributed by atoms with Gasteiger partial charge in [-0.3, -0.25) is 9.48 Å². The number of nitrogens with zero attached hydrogens (tertiary/aromatic N) is 3. The highest BCUT2D eigenvalue weighted by atomic mass is 32.1. The lowest BCUT2D eigenvalue weighted by molar-refractivity contribution is 0.0669. The van der Waals surface area contributed by atoms with Crippen molar-refractivity contribution in [1.29, 1.82) is 0 Å². The van der Waals surface area contributed by atoms with Crippen molar-refractivity contribution in [2.24, 2.45) is 5.73 Å². The van der Waals surface area contributed by atoms with Gasteiger partial charge in [0.1, 0.15) is 5.69 Å². The van der Waals surface area contributed by atoms with E-state index in [2.05, 4.69) is 5.10 Å². The van der Waals surface area contributed by atoms with Gasteiger partial charge in [0.25, 0.3) is 5.91 Å². The smallest absolute Gasteiger partial charge is 0.272 e. The minimum atomic E-state index is -0.114. The quantitative estimate of drug-likeness (QED) is 0.852. The number of amides is 1. The molecular formula is C13H20N4OS. The first-order chi connectivity index (χ1) is 9.04. The summed E-state index contributed by atoms with van der Waals surface area (Å²) in [5.41, 5.74) is 7.25. The van der Waals surface area contributed by atoms with Crippen LogP contribution in [0, 0.1) is 6.92 Å². The van der Waals surface area contributed by atoms with E-state index in [1.807, 2.05) is 19.9 Å². The molecule has 0 aliphatic carbocycles. The van der Waals surface area contributed by atoms with Gasteiger partial charge in [0.05, 0.1) is 16.7 Å². The van der Waals surface area contributed by atoms with E-state index in [1.165, 1.54) is 0 Å². The molecule has 104 valence electrons. The number of carbonyl (C=O) groups is 1. The number of piperidine rings is 1. The standard InChI is InChI=1S/C13H20N4OS/c1-3-17-11(8-9(2)15-17)13(18)16-7-5-4-6-10(16)12(14)19/h8,10H,3-7H2,1-2H3,(H2,14,19). The Hall–Kier alpha value is -1.43. The van der Waals surface area contributed by atoms with Crippen LogP contribution in [-0.2, 0) is 6.54 Å². The number of carbonyl (C=O) groups excluding carboxylic acids is 1. The monoisotopic (exact) mass is 280 g/mol. The maximum absolute atomic E-state index is 12.7. The lowest BCUT2D eigenvalue weighted by atomic mass is 10.0. The topological polar surface area (TPSA) is 64.2 Å². The van der Waals surface area contributed by atoms with Crippen LogP contribution < -0.4 is 5.73 Å². The predicted molar refractivity (Wildman–Crippen MR) is 78.1 cm³/mol. The molecule has 0 bridgehead atoms. The van der Waals surface area contributed by atoms with Crippen LogP contribution in [0.4, 0.5) is 0 Å². The van der Waals surface area contributed by atoms with E-state index < -0.39 is 0 Å². The van der Waals surface area contributed by atoms with Crippen LogP contribution in [-0.4, -0.2) is 38.2 Å². The molecule has 2 N–H and O–H groups in total. The van der Waals surface area contributed by atoms with E-state index in [0.29, 0.717) is 17.2 Å². The second kappa shape index (κ2) is 5.69. The Morgan fingerprint density at radius 3 is 2.95 bits per heavy atom. The summed E-state index contributed by atoms with van der Waals surface area (Å²) >= 11 is 5.09. The zero-order valence-corrected chi connectivity index (χ0v) is 12.2. The van der Waals surface area contributed by atoms with Crippen LogP contribution in [0.3, 0.4) is 0 Å². The van der Waals surface area contributed by atoms with Crippen molar-refractivity contribution >= 4 is 23.1 Å². The Morgan fingerprint density at radius 1 is 1.58 bits per heavy atom. The minimum absolute atomic E-state index is 0.0139. The van der Waals surface area contributed by atoms with Gasteiger partial charge in [-0.1, -0.05) is 12.2 Å². The van der Waals surface area contributed by atoms with E-state index in [0.717, 1.165) is 31.5 Å². The first-order valence-electron chi connectivity index (χ1n) is 6.69. The molecule has 0 saturated carbocycles. The summed E-state index contributed by atoms with van der Waals surface area (Å²) in [6, 6.07) is 1.72. The molecule has 0 radical (unpaired) electrons. The Balaban J connectivity index is 2.28.